The largest absolute Gasteiger partial charge is 0.485 e. The average Bonchev–Trinajstić information content (AvgIpc) is 2.75. The van der Waals surface area contributed by atoms with Crippen LogP contribution in [0.3, 0.4) is 0 Å². The molecule has 1 saturated heterocycles. The van der Waals surface area contributed by atoms with Gasteiger partial charge in [-0.2, -0.15) is 0 Å². The van der Waals surface area contributed by atoms with E-state index in [0.29, 0.717) is 6.04 Å². The van der Waals surface area contributed by atoms with Crippen LogP contribution >= 0.6 is 11.6 Å². The number of benzene rings is 1. The van der Waals surface area contributed by atoms with Gasteiger partial charge in [0.1, 0.15) is 11.4 Å². The molecule has 3 rings (SSSR count). The average molecular weight is 267 g/mol. The molecule has 1 aromatic rings. The lowest BCUT2D eigenvalue weighted by molar-refractivity contribution is 0.0289. The zero-order valence-corrected chi connectivity index (χ0v) is 11.6. The molecule has 2 heterocycles. The molecule has 2 aliphatic heterocycles. The van der Waals surface area contributed by atoms with Crippen molar-refractivity contribution < 1.29 is 4.74 Å². The molecule has 1 fully saturated rings. The van der Waals surface area contributed by atoms with Gasteiger partial charge in [-0.1, -0.05) is 17.7 Å². The molecular formula is C14H19ClN2O. The van der Waals surface area contributed by atoms with Gasteiger partial charge < -0.3 is 15.0 Å². The number of hydrogen-bond acceptors (Lipinski definition) is 3. The molecule has 4 heteroatoms. The molecule has 1 spiro atoms. The van der Waals surface area contributed by atoms with Crippen LogP contribution in [0.25, 0.3) is 0 Å². The molecule has 1 aromatic carbocycles. The van der Waals surface area contributed by atoms with Crippen molar-refractivity contribution >= 4 is 11.6 Å². The Hall–Kier alpha value is -0.770. The van der Waals surface area contributed by atoms with Crippen molar-refractivity contribution in [3.63, 3.8) is 0 Å². The van der Waals surface area contributed by atoms with Crippen LogP contribution in [0, 0.1) is 0 Å². The second kappa shape index (κ2) is 4.41. The van der Waals surface area contributed by atoms with E-state index in [1.54, 1.807) is 0 Å². The number of nitrogens with zero attached hydrogens (tertiary/aromatic N) is 1. The van der Waals surface area contributed by atoms with Gasteiger partial charge in [-0.3, -0.25) is 0 Å². The molecule has 0 aromatic heterocycles. The van der Waals surface area contributed by atoms with E-state index in [9.17, 15) is 0 Å². The molecule has 0 saturated carbocycles. The van der Waals surface area contributed by atoms with Crippen LogP contribution in [-0.4, -0.2) is 37.7 Å². The van der Waals surface area contributed by atoms with Crippen LogP contribution in [0.2, 0.25) is 5.02 Å². The third kappa shape index (κ3) is 2.00. The fourth-order valence-electron chi connectivity index (χ4n) is 3.05. The van der Waals surface area contributed by atoms with Gasteiger partial charge in [0.05, 0.1) is 0 Å². The van der Waals surface area contributed by atoms with Gasteiger partial charge in [0.15, 0.2) is 0 Å². The van der Waals surface area contributed by atoms with Gasteiger partial charge in [0, 0.05) is 36.0 Å². The summed E-state index contributed by atoms with van der Waals surface area (Å²) in [6.45, 7) is 1.97. The molecule has 0 amide bonds. The van der Waals surface area contributed by atoms with Crippen LogP contribution in [0.4, 0.5) is 0 Å². The zero-order chi connectivity index (χ0) is 12.8. The SMILES string of the molecule is CN(C)C1CC2(CCNC2)Oc2cc(Cl)ccc21. The second-order valence-corrected chi connectivity index (χ2v) is 6.01. The lowest BCUT2D eigenvalue weighted by Crippen LogP contribution is -2.45. The topological polar surface area (TPSA) is 24.5 Å². The van der Waals surface area contributed by atoms with Crippen LogP contribution in [-0.2, 0) is 0 Å². The number of nitrogens with one attached hydrogen (secondary N) is 1. The lowest BCUT2D eigenvalue weighted by Gasteiger charge is -2.42. The molecule has 0 radical (unpaired) electrons. The maximum absolute atomic E-state index is 6.27. The summed E-state index contributed by atoms with van der Waals surface area (Å²) in [7, 11) is 4.26. The minimum absolute atomic E-state index is 0.0490. The Morgan fingerprint density at radius 1 is 1.44 bits per heavy atom. The van der Waals surface area contributed by atoms with Crippen molar-refractivity contribution in [3.8, 4) is 5.75 Å². The molecule has 98 valence electrons. The molecule has 0 aliphatic carbocycles. The van der Waals surface area contributed by atoms with Gasteiger partial charge in [-0.25, -0.2) is 0 Å². The van der Waals surface area contributed by atoms with E-state index in [0.717, 1.165) is 36.7 Å². The fraction of sp³-hybridized carbons (Fsp3) is 0.571. The van der Waals surface area contributed by atoms with Crippen LogP contribution < -0.4 is 10.1 Å². The van der Waals surface area contributed by atoms with Crippen molar-refractivity contribution in [3.05, 3.63) is 28.8 Å². The molecule has 1 N–H and O–H groups in total. The van der Waals surface area contributed by atoms with E-state index in [1.807, 2.05) is 12.1 Å². The van der Waals surface area contributed by atoms with Gasteiger partial charge in [0.2, 0.25) is 0 Å². The number of rotatable bonds is 1. The van der Waals surface area contributed by atoms with Gasteiger partial charge in [-0.15, -0.1) is 0 Å². The first kappa shape index (κ1) is 12.3. The summed E-state index contributed by atoms with van der Waals surface area (Å²) < 4.78 is 6.27. The van der Waals surface area contributed by atoms with Crippen LogP contribution in [0.1, 0.15) is 24.4 Å². The molecule has 2 atom stereocenters. The maximum atomic E-state index is 6.27. The van der Waals surface area contributed by atoms with Crippen molar-refractivity contribution in [2.24, 2.45) is 0 Å². The Labute approximate surface area is 113 Å². The number of ether oxygens (including phenoxy) is 1. The summed E-state index contributed by atoms with van der Waals surface area (Å²) in [6, 6.07) is 6.40. The predicted octanol–water partition coefficient (Wildman–Crippen LogP) is 2.46. The molecule has 3 nitrogen and oxygen atoms in total. The standard InChI is InChI=1S/C14H19ClN2O/c1-17(2)12-8-14(5-6-16-9-14)18-13-7-10(15)3-4-11(12)13/h3-4,7,12,16H,5-6,8-9H2,1-2H3. The van der Waals surface area contributed by atoms with E-state index in [4.69, 9.17) is 16.3 Å². The fourth-order valence-corrected chi connectivity index (χ4v) is 3.21. The summed E-state index contributed by atoms with van der Waals surface area (Å²) in [6.07, 6.45) is 2.12. The quantitative estimate of drug-likeness (QED) is 0.845. The summed E-state index contributed by atoms with van der Waals surface area (Å²) in [5, 5.41) is 4.16. The highest BCUT2D eigenvalue weighted by Crippen LogP contribution is 2.44. The zero-order valence-electron chi connectivity index (χ0n) is 10.9. The normalized spacial score (nSPS) is 30.6. The van der Waals surface area contributed by atoms with E-state index < -0.39 is 0 Å². The highest BCUT2D eigenvalue weighted by Gasteiger charge is 2.43. The van der Waals surface area contributed by atoms with E-state index in [-0.39, 0.29) is 5.60 Å². The third-order valence-electron chi connectivity index (χ3n) is 4.05. The Morgan fingerprint density at radius 3 is 2.94 bits per heavy atom. The van der Waals surface area contributed by atoms with Crippen molar-refractivity contribution in [2.75, 3.05) is 27.2 Å². The molecule has 0 bridgehead atoms. The lowest BCUT2D eigenvalue weighted by atomic mass is 9.86. The Kier molecular flexibility index (Phi) is 3.00. The number of halogens is 1. The summed E-state index contributed by atoms with van der Waals surface area (Å²) in [5.74, 6) is 0.955. The monoisotopic (exact) mass is 266 g/mol. The first-order chi connectivity index (χ1) is 8.60. The molecule has 2 aliphatic rings. The second-order valence-electron chi connectivity index (χ2n) is 5.58. The smallest absolute Gasteiger partial charge is 0.126 e. The van der Waals surface area contributed by atoms with E-state index in [2.05, 4.69) is 30.4 Å². The molecule has 18 heavy (non-hydrogen) atoms. The first-order valence-electron chi connectivity index (χ1n) is 6.45. The highest BCUT2D eigenvalue weighted by molar-refractivity contribution is 6.30. The summed E-state index contributed by atoms with van der Waals surface area (Å²) in [4.78, 5) is 2.27. The van der Waals surface area contributed by atoms with Crippen molar-refractivity contribution in [1.29, 1.82) is 0 Å². The first-order valence-corrected chi connectivity index (χ1v) is 6.83. The minimum atomic E-state index is -0.0490. The third-order valence-corrected chi connectivity index (χ3v) is 4.29. The van der Waals surface area contributed by atoms with Crippen LogP contribution in [0.5, 0.6) is 5.75 Å². The van der Waals surface area contributed by atoms with Crippen molar-refractivity contribution in [1.82, 2.24) is 10.2 Å². The number of hydrogen-bond donors (Lipinski definition) is 1. The summed E-state index contributed by atoms with van der Waals surface area (Å²) in [5.41, 5.74) is 1.20. The molecule has 2 unspecified atom stereocenters. The predicted molar refractivity (Wildman–Crippen MR) is 73.3 cm³/mol. The number of fused-ring (bicyclic) bond motifs is 1. The summed E-state index contributed by atoms with van der Waals surface area (Å²) >= 11 is 6.09. The highest BCUT2D eigenvalue weighted by atomic mass is 35.5. The molecular weight excluding hydrogens is 248 g/mol. The minimum Gasteiger partial charge on any atom is -0.485 e. The maximum Gasteiger partial charge on any atom is 0.126 e. The van der Waals surface area contributed by atoms with Crippen LogP contribution in [0.15, 0.2) is 18.2 Å². The van der Waals surface area contributed by atoms with Gasteiger partial charge in [-0.05, 0) is 32.8 Å². The van der Waals surface area contributed by atoms with Crippen molar-refractivity contribution in [2.45, 2.75) is 24.5 Å². The Balaban J connectivity index is 2.02. The van der Waals surface area contributed by atoms with Gasteiger partial charge in [0.25, 0.3) is 0 Å². The Morgan fingerprint density at radius 2 is 2.28 bits per heavy atom. The van der Waals surface area contributed by atoms with E-state index in [1.165, 1.54) is 5.56 Å². The van der Waals surface area contributed by atoms with Gasteiger partial charge >= 0.3 is 0 Å². The van der Waals surface area contributed by atoms with E-state index >= 15 is 0 Å². The Bertz CT molecular complexity index is 455.